The molecule has 0 N–H and O–H groups in total. The maximum atomic E-state index is 12.5. The Hall–Kier alpha value is -2.74. The molecule has 0 atom stereocenters. The lowest BCUT2D eigenvalue weighted by atomic mass is 9.96. The van der Waals surface area contributed by atoms with Crippen LogP contribution < -0.4 is 0 Å². The molecule has 0 unspecified atom stereocenters. The number of benzene rings is 2. The maximum Gasteiger partial charge on any atom is 0.167 e. The molecule has 0 saturated carbocycles. The monoisotopic (exact) mass is 287 g/mol. The fraction of sp³-hybridized carbons (Fsp3) is 0.100. The van der Waals surface area contributed by atoms with E-state index in [-0.39, 0.29) is 5.78 Å². The molecule has 2 heteroatoms. The highest BCUT2D eigenvalue weighted by atomic mass is 16.1. The van der Waals surface area contributed by atoms with Crippen LogP contribution in [0, 0.1) is 6.92 Å². The molecule has 1 heterocycles. The van der Waals surface area contributed by atoms with Crippen molar-refractivity contribution in [2.75, 3.05) is 0 Å². The molecule has 108 valence electrons. The summed E-state index contributed by atoms with van der Waals surface area (Å²) in [6.45, 7) is 2.02. The van der Waals surface area contributed by atoms with E-state index in [2.05, 4.69) is 4.98 Å². The molecule has 0 aliphatic heterocycles. The Morgan fingerprint density at radius 2 is 1.64 bits per heavy atom. The van der Waals surface area contributed by atoms with E-state index in [0.717, 1.165) is 27.9 Å². The lowest BCUT2D eigenvalue weighted by Gasteiger charge is -2.08. The van der Waals surface area contributed by atoms with Gasteiger partial charge in [-0.2, -0.15) is 0 Å². The fourth-order valence-corrected chi connectivity index (χ4v) is 2.46. The third-order valence-electron chi connectivity index (χ3n) is 3.68. The molecule has 2 aromatic carbocycles. The highest BCUT2D eigenvalue weighted by Gasteiger charge is 2.11. The van der Waals surface area contributed by atoms with Crippen LogP contribution in [0.4, 0.5) is 0 Å². The average molecular weight is 287 g/mol. The lowest BCUT2D eigenvalue weighted by Crippen LogP contribution is -2.05. The summed E-state index contributed by atoms with van der Waals surface area (Å²) in [6.07, 6.45) is 2.16. The van der Waals surface area contributed by atoms with Gasteiger partial charge in [-0.15, -0.1) is 0 Å². The molecule has 2 nitrogen and oxygen atoms in total. The van der Waals surface area contributed by atoms with E-state index in [9.17, 15) is 4.79 Å². The van der Waals surface area contributed by atoms with Gasteiger partial charge in [0.2, 0.25) is 0 Å². The van der Waals surface area contributed by atoms with Gasteiger partial charge in [0.05, 0.1) is 5.69 Å². The van der Waals surface area contributed by atoms with Crippen molar-refractivity contribution in [3.05, 3.63) is 89.6 Å². The van der Waals surface area contributed by atoms with Gasteiger partial charge >= 0.3 is 0 Å². The molecule has 0 fully saturated rings. The van der Waals surface area contributed by atoms with Gasteiger partial charge in [-0.1, -0.05) is 60.2 Å². The van der Waals surface area contributed by atoms with Crippen molar-refractivity contribution in [1.29, 1.82) is 0 Å². The summed E-state index contributed by atoms with van der Waals surface area (Å²) in [4.78, 5) is 16.9. The minimum Gasteiger partial charge on any atom is -0.294 e. The van der Waals surface area contributed by atoms with E-state index in [1.807, 2.05) is 73.7 Å². The first-order valence-electron chi connectivity index (χ1n) is 7.33. The van der Waals surface area contributed by atoms with Crippen LogP contribution in [0.1, 0.15) is 21.5 Å². The molecule has 22 heavy (non-hydrogen) atoms. The molecule has 0 bridgehead atoms. The SMILES string of the molecule is Cc1ccc(C(=O)Cc2ccccc2-c2ccccn2)cc1. The Balaban J connectivity index is 1.90. The average Bonchev–Trinajstić information content (AvgIpc) is 2.57. The number of nitrogens with zero attached hydrogens (tertiary/aromatic N) is 1. The number of Topliss-reactive ketones (excluding diaryl/α,β-unsaturated/α-hetero) is 1. The lowest BCUT2D eigenvalue weighted by molar-refractivity contribution is 0.0993. The van der Waals surface area contributed by atoms with Crippen LogP contribution in [0.2, 0.25) is 0 Å². The molecule has 0 aliphatic rings. The summed E-state index contributed by atoms with van der Waals surface area (Å²) in [5.41, 5.74) is 4.83. The van der Waals surface area contributed by atoms with Gasteiger partial charge in [0.25, 0.3) is 0 Å². The van der Waals surface area contributed by atoms with Crippen molar-refractivity contribution in [3.63, 3.8) is 0 Å². The number of aryl methyl sites for hydroxylation is 1. The van der Waals surface area contributed by atoms with Crippen LogP contribution in [-0.4, -0.2) is 10.8 Å². The minimum atomic E-state index is 0.128. The van der Waals surface area contributed by atoms with Gasteiger partial charge in [0.15, 0.2) is 5.78 Å². The largest absolute Gasteiger partial charge is 0.294 e. The van der Waals surface area contributed by atoms with E-state index in [1.165, 1.54) is 0 Å². The first-order valence-corrected chi connectivity index (χ1v) is 7.33. The maximum absolute atomic E-state index is 12.5. The number of pyridine rings is 1. The smallest absolute Gasteiger partial charge is 0.167 e. The standard InChI is InChI=1S/C20H17NO/c1-15-9-11-16(12-10-15)20(22)14-17-6-2-3-7-18(17)19-8-4-5-13-21-19/h2-13H,14H2,1H3. The normalized spacial score (nSPS) is 10.4. The molecule has 3 aromatic rings. The summed E-state index contributed by atoms with van der Waals surface area (Å²) in [5, 5.41) is 0. The van der Waals surface area contributed by atoms with Crippen molar-refractivity contribution in [1.82, 2.24) is 4.98 Å². The number of carbonyl (C=O) groups is 1. The molecular weight excluding hydrogens is 270 g/mol. The fourth-order valence-electron chi connectivity index (χ4n) is 2.46. The van der Waals surface area contributed by atoms with Gasteiger partial charge in [0.1, 0.15) is 0 Å². The van der Waals surface area contributed by atoms with E-state index in [4.69, 9.17) is 0 Å². The summed E-state index contributed by atoms with van der Waals surface area (Å²) in [6, 6.07) is 21.5. The molecule has 0 spiro atoms. The first-order chi connectivity index (χ1) is 10.7. The second-order valence-corrected chi connectivity index (χ2v) is 5.34. The molecule has 3 rings (SSSR count). The van der Waals surface area contributed by atoms with Crippen LogP contribution in [0.5, 0.6) is 0 Å². The van der Waals surface area contributed by atoms with E-state index in [0.29, 0.717) is 6.42 Å². The molecule has 0 radical (unpaired) electrons. The first kappa shape index (κ1) is 14.2. The molecule has 0 amide bonds. The van der Waals surface area contributed by atoms with Gasteiger partial charge in [-0.05, 0) is 24.6 Å². The number of hydrogen-bond acceptors (Lipinski definition) is 2. The molecular formula is C20H17NO. The van der Waals surface area contributed by atoms with Gasteiger partial charge in [-0.3, -0.25) is 9.78 Å². The molecule has 0 saturated heterocycles. The Morgan fingerprint density at radius 1 is 0.909 bits per heavy atom. The summed E-state index contributed by atoms with van der Waals surface area (Å²) >= 11 is 0. The van der Waals surface area contributed by atoms with Crippen LogP contribution >= 0.6 is 0 Å². The number of rotatable bonds is 4. The van der Waals surface area contributed by atoms with E-state index >= 15 is 0 Å². The minimum absolute atomic E-state index is 0.128. The zero-order valence-electron chi connectivity index (χ0n) is 12.5. The van der Waals surface area contributed by atoms with Gasteiger partial charge < -0.3 is 0 Å². The van der Waals surface area contributed by atoms with Crippen LogP contribution in [-0.2, 0) is 6.42 Å². The molecule has 1 aromatic heterocycles. The second kappa shape index (κ2) is 6.35. The third kappa shape index (κ3) is 3.12. The quantitative estimate of drug-likeness (QED) is 0.662. The Morgan fingerprint density at radius 3 is 2.36 bits per heavy atom. The van der Waals surface area contributed by atoms with Crippen LogP contribution in [0.3, 0.4) is 0 Å². The highest BCUT2D eigenvalue weighted by molar-refractivity contribution is 5.98. The van der Waals surface area contributed by atoms with Gasteiger partial charge in [-0.25, -0.2) is 0 Å². The summed E-state index contributed by atoms with van der Waals surface area (Å²) in [5.74, 6) is 0.128. The van der Waals surface area contributed by atoms with Crippen LogP contribution in [0.15, 0.2) is 72.9 Å². The zero-order valence-corrected chi connectivity index (χ0v) is 12.5. The Bertz CT molecular complexity index is 776. The predicted molar refractivity (Wildman–Crippen MR) is 88.9 cm³/mol. The Kier molecular flexibility index (Phi) is 4.10. The number of ketones is 1. The topological polar surface area (TPSA) is 30.0 Å². The summed E-state index contributed by atoms with van der Waals surface area (Å²) < 4.78 is 0. The van der Waals surface area contributed by atoms with Gasteiger partial charge in [0, 0.05) is 23.7 Å². The van der Waals surface area contributed by atoms with Crippen LogP contribution in [0.25, 0.3) is 11.3 Å². The Labute approximate surface area is 130 Å². The number of carbonyl (C=O) groups excluding carboxylic acids is 1. The van der Waals surface area contributed by atoms with E-state index in [1.54, 1.807) is 6.20 Å². The van der Waals surface area contributed by atoms with Crippen molar-refractivity contribution < 1.29 is 4.79 Å². The summed E-state index contributed by atoms with van der Waals surface area (Å²) in [7, 11) is 0. The molecule has 0 aliphatic carbocycles. The number of aromatic nitrogens is 1. The third-order valence-corrected chi connectivity index (χ3v) is 3.68. The highest BCUT2D eigenvalue weighted by Crippen LogP contribution is 2.22. The van der Waals surface area contributed by atoms with Crippen molar-refractivity contribution >= 4 is 5.78 Å². The van der Waals surface area contributed by atoms with Crippen molar-refractivity contribution in [2.24, 2.45) is 0 Å². The van der Waals surface area contributed by atoms with E-state index < -0.39 is 0 Å². The number of hydrogen-bond donors (Lipinski definition) is 0. The van der Waals surface area contributed by atoms with Crippen molar-refractivity contribution in [3.8, 4) is 11.3 Å². The second-order valence-electron chi connectivity index (χ2n) is 5.34. The van der Waals surface area contributed by atoms with Crippen molar-refractivity contribution in [2.45, 2.75) is 13.3 Å². The zero-order chi connectivity index (χ0) is 15.4. The predicted octanol–water partition coefficient (Wildman–Crippen LogP) is 4.48.